The van der Waals surface area contributed by atoms with E-state index in [0.29, 0.717) is 6.54 Å². The molecule has 0 heterocycles. The van der Waals surface area contributed by atoms with Crippen LogP contribution < -0.4 is 11.1 Å². The fraction of sp³-hybridized carbons (Fsp3) is 0.250. The zero-order valence-corrected chi connectivity index (χ0v) is 10.6. The zero-order chi connectivity index (χ0) is 12.6. The van der Waals surface area contributed by atoms with E-state index < -0.39 is 0 Å². The molecule has 0 fully saturated rings. The van der Waals surface area contributed by atoms with E-state index in [1.807, 2.05) is 6.07 Å². The summed E-state index contributed by atoms with van der Waals surface area (Å²) in [6, 6.07) is 18.9. The van der Waals surface area contributed by atoms with E-state index in [2.05, 4.69) is 53.8 Å². The molecule has 2 aromatic carbocycles. The molecular formula is C16H20N2. The fourth-order valence-electron chi connectivity index (χ4n) is 2.07. The Bertz CT molecular complexity index is 466. The average Bonchev–Trinajstić information content (AvgIpc) is 2.42. The Kier molecular flexibility index (Phi) is 4.94. The molecule has 3 N–H and O–H groups in total. The van der Waals surface area contributed by atoms with E-state index >= 15 is 0 Å². The quantitative estimate of drug-likeness (QED) is 0.814. The van der Waals surface area contributed by atoms with Crippen molar-refractivity contribution in [1.82, 2.24) is 5.32 Å². The van der Waals surface area contributed by atoms with Crippen molar-refractivity contribution in [2.75, 3.05) is 6.54 Å². The third-order valence-electron chi connectivity index (χ3n) is 3.02. The summed E-state index contributed by atoms with van der Waals surface area (Å²) >= 11 is 0. The monoisotopic (exact) mass is 240 g/mol. The van der Waals surface area contributed by atoms with Gasteiger partial charge in [0.15, 0.2) is 0 Å². The molecule has 0 atom stereocenters. The first-order chi connectivity index (χ1) is 8.90. The summed E-state index contributed by atoms with van der Waals surface area (Å²) in [5.41, 5.74) is 9.64. The minimum Gasteiger partial charge on any atom is -0.330 e. The van der Waals surface area contributed by atoms with Gasteiger partial charge in [-0.3, -0.25) is 0 Å². The van der Waals surface area contributed by atoms with E-state index in [4.69, 9.17) is 5.73 Å². The van der Waals surface area contributed by atoms with Gasteiger partial charge in [-0.05, 0) is 29.7 Å². The van der Waals surface area contributed by atoms with Crippen LogP contribution in [0.3, 0.4) is 0 Å². The Hall–Kier alpha value is -1.64. The van der Waals surface area contributed by atoms with Crippen LogP contribution in [0.15, 0.2) is 54.6 Å². The molecule has 2 rings (SSSR count). The number of benzene rings is 2. The summed E-state index contributed by atoms with van der Waals surface area (Å²) in [7, 11) is 0. The van der Waals surface area contributed by atoms with E-state index in [9.17, 15) is 0 Å². The molecule has 0 bridgehead atoms. The molecule has 94 valence electrons. The summed E-state index contributed by atoms with van der Waals surface area (Å²) in [6.07, 6.45) is 0.948. The Morgan fingerprint density at radius 1 is 0.778 bits per heavy atom. The first-order valence-corrected chi connectivity index (χ1v) is 6.41. The third kappa shape index (κ3) is 3.69. The highest BCUT2D eigenvalue weighted by atomic mass is 14.8. The third-order valence-corrected chi connectivity index (χ3v) is 3.02. The topological polar surface area (TPSA) is 38.0 Å². The fourth-order valence-corrected chi connectivity index (χ4v) is 2.07. The Balaban J connectivity index is 1.90. The van der Waals surface area contributed by atoms with Crippen molar-refractivity contribution in [2.45, 2.75) is 19.5 Å². The largest absolute Gasteiger partial charge is 0.330 e. The first kappa shape index (κ1) is 12.8. The molecule has 0 saturated heterocycles. The van der Waals surface area contributed by atoms with Gasteiger partial charge in [0, 0.05) is 13.1 Å². The van der Waals surface area contributed by atoms with Crippen LogP contribution in [0.2, 0.25) is 0 Å². The molecule has 0 radical (unpaired) electrons. The second-order valence-electron chi connectivity index (χ2n) is 4.40. The highest BCUT2D eigenvalue weighted by Gasteiger charge is 2.00. The van der Waals surface area contributed by atoms with Crippen molar-refractivity contribution in [3.63, 3.8) is 0 Å². The van der Waals surface area contributed by atoms with Crippen molar-refractivity contribution in [3.8, 4) is 0 Å². The van der Waals surface area contributed by atoms with Crippen molar-refractivity contribution < 1.29 is 0 Å². The van der Waals surface area contributed by atoms with Crippen molar-refractivity contribution >= 4 is 0 Å². The molecule has 0 aliphatic carbocycles. The van der Waals surface area contributed by atoms with Crippen LogP contribution in [0.5, 0.6) is 0 Å². The van der Waals surface area contributed by atoms with Crippen LogP contribution >= 0.6 is 0 Å². The first-order valence-electron chi connectivity index (χ1n) is 6.41. The highest BCUT2D eigenvalue weighted by Crippen LogP contribution is 2.09. The number of nitrogens with two attached hydrogens (primary N) is 1. The van der Waals surface area contributed by atoms with E-state index in [1.165, 1.54) is 16.7 Å². The van der Waals surface area contributed by atoms with Gasteiger partial charge in [0.1, 0.15) is 0 Å². The molecule has 18 heavy (non-hydrogen) atoms. The molecule has 2 nitrogen and oxygen atoms in total. The summed E-state index contributed by atoms with van der Waals surface area (Å²) in [6.45, 7) is 2.50. The number of rotatable bonds is 6. The molecule has 2 aromatic rings. The number of nitrogens with one attached hydrogen (secondary N) is 1. The molecule has 0 aromatic heterocycles. The number of hydrogen-bond donors (Lipinski definition) is 2. The average molecular weight is 240 g/mol. The summed E-state index contributed by atoms with van der Waals surface area (Å²) in [5.74, 6) is 0. The standard InChI is InChI=1S/C16H20N2/c17-11-10-15-8-4-5-9-16(15)13-18-12-14-6-2-1-3-7-14/h1-9,18H,10-13,17H2. The molecule has 0 spiro atoms. The SMILES string of the molecule is NCCc1ccccc1CNCc1ccccc1. The highest BCUT2D eigenvalue weighted by molar-refractivity contribution is 5.27. The van der Waals surface area contributed by atoms with Crippen LogP contribution in [0.1, 0.15) is 16.7 Å². The summed E-state index contributed by atoms with van der Waals surface area (Å²) in [5, 5.41) is 3.48. The van der Waals surface area contributed by atoms with Gasteiger partial charge in [0.25, 0.3) is 0 Å². The Morgan fingerprint density at radius 2 is 1.44 bits per heavy atom. The summed E-state index contributed by atoms with van der Waals surface area (Å²) in [4.78, 5) is 0. The van der Waals surface area contributed by atoms with Gasteiger partial charge in [-0.25, -0.2) is 0 Å². The minimum absolute atomic E-state index is 0.704. The van der Waals surface area contributed by atoms with E-state index in [-0.39, 0.29) is 0 Å². The van der Waals surface area contributed by atoms with Crippen molar-refractivity contribution in [1.29, 1.82) is 0 Å². The second-order valence-corrected chi connectivity index (χ2v) is 4.40. The smallest absolute Gasteiger partial charge is 0.0211 e. The lowest BCUT2D eigenvalue weighted by molar-refractivity contribution is 0.687. The maximum absolute atomic E-state index is 5.63. The van der Waals surface area contributed by atoms with Gasteiger partial charge in [-0.1, -0.05) is 54.6 Å². The van der Waals surface area contributed by atoms with Crippen LogP contribution in [-0.2, 0) is 19.5 Å². The lowest BCUT2D eigenvalue weighted by atomic mass is 10.0. The molecule has 0 saturated carbocycles. The van der Waals surface area contributed by atoms with Crippen LogP contribution in [0, 0.1) is 0 Å². The second kappa shape index (κ2) is 6.94. The maximum atomic E-state index is 5.63. The molecular weight excluding hydrogens is 220 g/mol. The predicted molar refractivity (Wildman–Crippen MR) is 76.2 cm³/mol. The van der Waals surface area contributed by atoms with Gasteiger partial charge in [0.2, 0.25) is 0 Å². The summed E-state index contributed by atoms with van der Waals surface area (Å²) < 4.78 is 0. The number of hydrogen-bond acceptors (Lipinski definition) is 2. The minimum atomic E-state index is 0.704. The lowest BCUT2D eigenvalue weighted by Gasteiger charge is -2.10. The Labute approximate surface area is 109 Å². The molecule has 2 heteroatoms. The van der Waals surface area contributed by atoms with Crippen molar-refractivity contribution in [2.24, 2.45) is 5.73 Å². The lowest BCUT2D eigenvalue weighted by Crippen LogP contribution is -2.15. The predicted octanol–water partition coefficient (Wildman–Crippen LogP) is 2.48. The van der Waals surface area contributed by atoms with Gasteiger partial charge in [-0.2, -0.15) is 0 Å². The van der Waals surface area contributed by atoms with Crippen LogP contribution in [-0.4, -0.2) is 6.54 Å². The van der Waals surface area contributed by atoms with Crippen LogP contribution in [0.25, 0.3) is 0 Å². The molecule has 0 amide bonds. The van der Waals surface area contributed by atoms with E-state index in [1.54, 1.807) is 0 Å². The molecule has 0 aliphatic heterocycles. The van der Waals surface area contributed by atoms with E-state index in [0.717, 1.165) is 19.5 Å². The normalized spacial score (nSPS) is 10.5. The van der Waals surface area contributed by atoms with Gasteiger partial charge >= 0.3 is 0 Å². The molecule has 0 unspecified atom stereocenters. The van der Waals surface area contributed by atoms with Gasteiger partial charge < -0.3 is 11.1 Å². The molecule has 0 aliphatic rings. The van der Waals surface area contributed by atoms with Crippen molar-refractivity contribution in [3.05, 3.63) is 71.3 Å². The maximum Gasteiger partial charge on any atom is 0.0211 e. The van der Waals surface area contributed by atoms with Gasteiger partial charge in [0.05, 0.1) is 0 Å². The van der Waals surface area contributed by atoms with Gasteiger partial charge in [-0.15, -0.1) is 0 Å². The Morgan fingerprint density at radius 3 is 2.17 bits per heavy atom. The van der Waals surface area contributed by atoms with Crippen LogP contribution in [0.4, 0.5) is 0 Å². The zero-order valence-electron chi connectivity index (χ0n) is 10.6.